The van der Waals surface area contributed by atoms with Crippen LogP contribution in [-0.2, 0) is 4.79 Å². The summed E-state index contributed by atoms with van der Waals surface area (Å²) < 4.78 is 5.41. The minimum atomic E-state index is -0.493. The van der Waals surface area contributed by atoms with Gasteiger partial charge in [-0.15, -0.1) is 0 Å². The first kappa shape index (κ1) is 13.5. The van der Waals surface area contributed by atoms with E-state index in [4.69, 9.17) is 10.5 Å². The lowest BCUT2D eigenvalue weighted by Gasteiger charge is -2.16. The standard InChI is InChI=1S/C13H20N2O2/c1-4-17-12-7-5-6-11(8-12)10(3)15-13(16)9(2)14/h5-10H,4,14H2,1-3H3,(H,15,16)/t9-,10+/m1/s1. The first-order chi connectivity index (χ1) is 8.04. The predicted molar refractivity (Wildman–Crippen MR) is 67.8 cm³/mol. The van der Waals surface area contributed by atoms with E-state index < -0.39 is 6.04 Å². The summed E-state index contributed by atoms with van der Waals surface area (Å²) in [4.78, 5) is 11.5. The molecule has 3 N–H and O–H groups in total. The summed E-state index contributed by atoms with van der Waals surface area (Å²) in [5.41, 5.74) is 6.51. The normalized spacial score (nSPS) is 13.9. The molecule has 0 radical (unpaired) electrons. The fraction of sp³-hybridized carbons (Fsp3) is 0.462. The van der Waals surface area contributed by atoms with E-state index in [2.05, 4.69) is 5.32 Å². The molecule has 0 fully saturated rings. The molecule has 0 spiro atoms. The summed E-state index contributed by atoms with van der Waals surface area (Å²) in [6.07, 6.45) is 0. The van der Waals surface area contributed by atoms with Crippen molar-refractivity contribution in [3.8, 4) is 5.75 Å². The summed E-state index contributed by atoms with van der Waals surface area (Å²) in [5, 5.41) is 2.85. The molecule has 1 aromatic rings. The molecule has 1 rings (SSSR count). The fourth-order valence-electron chi connectivity index (χ4n) is 1.47. The van der Waals surface area contributed by atoms with E-state index >= 15 is 0 Å². The Morgan fingerprint density at radius 1 is 1.47 bits per heavy atom. The average molecular weight is 236 g/mol. The Kier molecular flexibility index (Phi) is 4.97. The minimum absolute atomic E-state index is 0.0751. The quantitative estimate of drug-likeness (QED) is 0.816. The van der Waals surface area contributed by atoms with Gasteiger partial charge in [0.2, 0.25) is 5.91 Å². The first-order valence-corrected chi connectivity index (χ1v) is 5.83. The number of ether oxygens (including phenoxy) is 1. The largest absolute Gasteiger partial charge is 0.494 e. The molecule has 0 aliphatic rings. The molecule has 0 heterocycles. The summed E-state index contributed by atoms with van der Waals surface area (Å²) in [6, 6.07) is 7.12. The second kappa shape index (κ2) is 6.25. The van der Waals surface area contributed by atoms with Crippen molar-refractivity contribution in [3.05, 3.63) is 29.8 Å². The molecule has 1 aromatic carbocycles. The highest BCUT2D eigenvalue weighted by molar-refractivity contribution is 5.81. The van der Waals surface area contributed by atoms with Crippen LogP contribution in [0.2, 0.25) is 0 Å². The molecule has 17 heavy (non-hydrogen) atoms. The van der Waals surface area contributed by atoms with Gasteiger partial charge in [0.15, 0.2) is 0 Å². The summed E-state index contributed by atoms with van der Waals surface area (Å²) >= 11 is 0. The smallest absolute Gasteiger partial charge is 0.237 e. The van der Waals surface area contributed by atoms with Crippen LogP contribution in [-0.4, -0.2) is 18.6 Å². The molecule has 0 saturated carbocycles. The number of rotatable bonds is 5. The molecule has 94 valence electrons. The number of hydrogen-bond donors (Lipinski definition) is 2. The maximum Gasteiger partial charge on any atom is 0.237 e. The van der Waals surface area contributed by atoms with Gasteiger partial charge in [0.05, 0.1) is 18.7 Å². The van der Waals surface area contributed by atoms with Gasteiger partial charge in [-0.3, -0.25) is 4.79 Å². The third-order valence-corrected chi connectivity index (χ3v) is 2.44. The van der Waals surface area contributed by atoms with Crippen molar-refractivity contribution in [1.82, 2.24) is 5.32 Å². The Hall–Kier alpha value is -1.55. The molecule has 0 bridgehead atoms. The molecule has 0 saturated heterocycles. The van der Waals surface area contributed by atoms with E-state index in [9.17, 15) is 4.79 Å². The number of nitrogens with one attached hydrogen (secondary N) is 1. The summed E-state index contributed by atoms with van der Waals surface area (Å²) in [7, 11) is 0. The number of carbonyl (C=O) groups excluding carboxylic acids is 1. The summed E-state index contributed by atoms with van der Waals surface area (Å²) in [5.74, 6) is 0.659. The van der Waals surface area contributed by atoms with Crippen molar-refractivity contribution in [2.75, 3.05) is 6.61 Å². The zero-order valence-corrected chi connectivity index (χ0v) is 10.6. The van der Waals surface area contributed by atoms with Gasteiger partial charge in [-0.05, 0) is 38.5 Å². The van der Waals surface area contributed by atoms with Gasteiger partial charge in [0.25, 0.3) is 0 Å². The van der Waals surface area contributed by atoms with Gasteiger partial charge in [-0.1, -0.05) is 12.1 Å². The topological polar surface area (TPSA) is 64.3 Å². The lowest BCUT2D eigenvalue weighted by molar-refractivity contribution is -0.122. The van der Waals surface area contributed by atoms with Crippen molar-refractivity contribution >= 4 is 5.91 Å². The molecule has 0 aliphatic heterocycles. The third-order valence-electron chi connectivity index (χ3n) is 2.44. The minimum Gasteiger partial charge on any atom is -0.494 e. The number of carbonyl (C=O) groups is 1. The highest BCUT2D eigenvalue weighted by Crippen LogP contribution is 2.19. The number of hydrogen-bond acceptors (Lipinski definition) is 3. The Balaban J connectivity index is 2.71. The van der Waals surface area contributed by atoms with Crippen molar-refractivity contribution in [2.45, 2.75) is 32.9 Å². The van der Waals surface area contributed by atoms with Crippen molar-refractivity contribution < 1.29 is 9.53 Å². The fourth-order valence-corrected chi connectivity index (χ4v) is 1.47. The van der Waals surface area contributed by atoms with Crippen LogP contribution in [0.15, 0.2) is 24.3 Å². The van der Waals surface area contributed by atoms with E-state index in [0.717, 1.165) is 11.3 Å². The maximum absolute atomic E-state index is 11.5. The molecule has 0 aromatic heterocycles. The van der Waals surface area contributed by atoms with Crippen LogP contribution in [0.4, 0.5) is 0 Å². The third kappa shape index (κ3) is 4.07. The zero-order chi connectivity index (χ0) is 12.8. The Morgan fingerprint density at radius 2 is 2.18 bits per heavy atom. The van der Waals surface area contributed by atoms with Crippen molar-refractivity contribution in [2.24, 2.45) is 5.73 Å². The summed E-state index contributed by atoms with van der Waals surface area (Å²) in [6.45, 7) is 6.15. The van der Waals surface area contributed by atoms with Crippen molar-refractivity contribution in [3.63, 3.8) is 0 Å². The van der Waals surface area contributed by atoms with Gasteiger partial charge in [-0.2, -0.15) is 0 Å². The highest BCUT2D eigenvalue weighted by atomic mass is 16.5. The predicted octanol–water partition coefficient (Wildman–Crippen LogP) is 1.61. The molecule has 4 nitrogen and oxygen atoms in total. The van der Waals surface area contributed by atoms with Gasteiger partial charge < -0.3 is 15.8 Å². The van der Waals surface area contributed by atoms with Crippen LogP contribution in [0.3, 0.4) is 0 Å². The van der Waals surface area contributed by atoms with Gasteiger partial charge >= 0.3 is 0 Å². The van der Waals surface area contributed by atoms with Crippen molar-refractivity contribution in [1.29, 1.82) is 0 Å². The average Bonchev–Trinajstić information content (AvgIpc) is 2.29. The molecule has 1 amide bonds. The van der Waals surface area contributed by atoms with E-state index in [1.165, 1.54) is 0 Å². The van der Waals surface area contributed by atoms with E-state index in [0.29, 0.717) is 6.61 Å². The van der Waals surface area contributed by atoms with Gasteiger partial charge in [0.1, 0.15) is 5.75 Å². The Bertz CT molecular complexity index is 377. The number of nitrogens with two attached hydrogens (primary N) is 1. The molecule has 4 heteroatoms. The Morgan fingerprint density at radius 3 is 2.76 bits per heavy atom. The second-order valence-electron chi connectivity index (χ2n) is 4.02. The molecule has 0 aliphatic carbocycles. The van der Waals surface area contributed by atoms with Gasteiger partial charge in [0, 0.05) is 0 Å². The zero-order valence-electron chi connectivity index (χ0n) is 10.6. The van der Waals surface area contributed by atoms with E-state index in [1.807, 2.05) is 38.1 Å². The van der Waals surface area contributed by atoms with Crippen LogP contribution in [0.1, 0.15) is 32.4 Å². The van der Waals surface area contributed by atoms with Crippen LogP contribution < -0.4 is 15.8 Å². The maximum atomic E-state index is 11.5. The van der Waals surface area contributed by atoms with Gasteiger partial charge in [-0.25, -0.2) is 0 Å². The SMILES string of the molecule is CCOc1cccc([C@H](C)NC(=O)[C@@H](C)N)c1. The molecule has 2 atom stereocenters. The van der Waals surface area contributed by atoms with Crippen LogP contribution >= 0.6 is 0 Å². The molecular formula is C13H20N2O2. The van der Waals surface area contributed by atoms with Crippen LogP contribution in [0.5, 0.6) is 5.75 Å². The Labute approximate surface area is 102 Å². The molecule has 0 unspecified atom stereocenters. The lowest BCUT2D eigenvalue weighted by Crippen LogP contribution is -2.39. The highest BCUT2D eigenvalue weighted by Gasteiger charge is 2.12. The second-order valence-corrected chi connectivity index (χ2v) is 4.02. The van der Waals surface area contributed by atoms with Crippen LogP contribution in [0.25, 0.3) is 0 Å². The molecular weight excluding hydrogens is 216 g/mol. The van der Waals surface area contributed by atoms with E-state index in [1.54, 1.807) is 6.92 Å². The lowest BCUT2D eigenvalue weighted by atomic mass is 10.1. The monoisotopic (exact) mass is 236 g/mol. The first-order valence-electron chi connectivity index (χ1n) is 5.83. The number of amides is 1. The van der Waals surface area contributed by atoms with Crippen LogP contribution in [0, 0.1) is 0 Å². The van der Waals surface area contributed by atoms with E-state index in [-0.39, 0.29) is 11.9 Å². The number of benzene rings is 1.